The van der Waals surface area contributed by atoms with Crippen molar-refractivity contribution < 1.29 is 17.6 Å². The van der Waals surface area contributed by atoms with Crippen LogP contribution in [0.4, 0.5) is 10.2 Å². The predicted molar refractivity (Wildman–Crippen MR) is 120 cm³/mol. The number of allylic oxidation sites excluding steroid dienone is 1. The molecule has 3 heterocycles. The van der Waals surface area contributed by atoms with Crippen LogP contribution in [0.2, 0.25) is 0 Å². The molecule has 31 heavy (non-hydrogen) atoms. The number of hydrogen-bond donors (Lipinski definition) is 1. The van der Waals surface area contributed by atoms with Gasteiger partial charge >= 0.3 is 0 Å². The largest absolute Gasteiger partial charge is 0.381 e. The van der Waals surface area contributed by atoms with Crippen molar-refractivity contribution in [3.8, 4) is 0 Å². The van der Waals surface area contributed by atoms with E-state index in [-0.39, 0.29) is 23.3 Å². The quantitative estimate of drug-likeness (QED) is 0.675. The van der Waals surface area contributed by atoms with E-state index < -0.39 is 16.1 Å². The highest BCUT2D eigenvalue weighted by molar-refractivity contribution is 7.90. The smallest absolute Gasteiger partial charge is 0.224 e. The van der Waals surface area contributed by atoms with E-state index in [2.05, 4.69) is 19.9 Å². The molecule has 1 aromatic carbocycles. The molecule has 1 unspecified atom stereocenters. The van der Waals surface area contributed by atoms with Gasteiger partial charge < -0.3 is 14.6 Å². The van der Waals surface area contributed by atoms with Crippen molar-refractivity contribution in [2.24, 2.45) is 4.99 Å². The van der Waals surface area contributed by atoms with Crippen LogP contribution < -0.4 is 5.32 Å². The number of rotatable bonds is 5. The maximum absolute atomic E-state index is 15.4. The predicted octanol–water partition coefficient (Wildman–Crippen LogP) is 3.38. The molecule has 0 radical (unpaired) electrons. The Morgan fingerprint density at radius 1 is 1.26 bits per heavy atom. The second kappa shape index (κ2) is 9.37. The maximum atomic E-state index is 15.4. The van der Waals surface area contributed by atoms with Crippen LogP contribution in [-0.2, 0) is 14.6 Å². The minimum absolute atomic E-state index is 0. The molecule has 2 aliphatic heterocycles. The van der Waals surface area contributed by atoms with E-state index in [0.29, 0.717) is 35.4 Å². The second-order valence-corrected chi connectivity index (χ2v) is 9.40. The number of aryl methyl sites for hydroxylation is 1. The molecule has 1 atom stereocenters. The third-order valence-corrected chi connectivity index (χ3v) is 6.37. The molecule has 11 heteroatoms. The lowest BCUT2D eigenvalue weighted by molar-refractivity contribution is 0.0607. The summed E-state index contributed by atoms with van der Waals surface area (Å²) in [7, 11) is -3.37. The van der Waals surface area contributed by atoms with Crippen molar-refractivity contribution in [3.05, 3.63) is 48.1 Å². The first-order chi connectivity index (χ1) is 14.3. The zero-order chi connectivity index (χ0) is 21.3. The van der Waals surface area contributed by atoms with E-state index in [0.717, 1.165) is 24.9 Å². The Labute approximate surface area is 187 Å². The minimum Gasteiger partial charge on any atom is -0.381 e. The number of aliphatic imine (C=N–C) groups is 1. The number of imidazole rings is 1. The first kappa shape index (κ1) is 23.2. The lowest BCUT2D eigenvalue weighted by Crippen LogP contribution is -2.35. The summed E-state index contributed by atoms with van der Waals surface area (Å²) in [6.45, 7) is 3.25. The van der Waals surface area contributed by atoms with Crippen molar-refractivity contribution >= 4 is 39.8 Å². The third kappa shape index (κ3) is 4.91. The van der Waals surface area contributed by atoms with Gasteiger partial charge in [0.15, 0.2) is 9.84 Å². The number of anilines is 1. The van der Waals surface area contributed by atoms with E-state index in [1.807, 2.05) is 6.92 Å². The number of hydrogen-bond acceptors (Lipinski definition) is 7. The molecule has 1 aromatic heterocycles. The van der Waals surface area contributed by atoms with Crippen LogP contribution in [0.1, 0.15) is 30.4 Å². The standard InChI is InChI=1S/C20H24FN5O3S.ClH/c1-14-23-13-19(25(14)16-7-10-29-11-8-16)18-6-9-22-20(26(18)21)24-15-4-3-5-17(12-15)30(2,27)28;/h3-6,9,12-13,16,20,24H,7-8,10-11H2,1-2H3;1H. The zero-order valence-corrected chi connectivity index (χ0v) is 18.9. The molecule has 2 aromatic rings. The number of benzene rings is 1. The van der Waals surface area contributed by atoms with Gasteiger partial charge in [-0.3, -0.25) is 0 Å². The van der Waals surface area contributed by atoms with E-state index in [4.69, 9.17) is 4.74 Å². The highest BCUT2D eigenvalue weighted by atomic mass is 35.5. The number of sulfone groups is 1. The zero-order valence-electron chi connectivity index (χ0n) is 17.2. The van der Waals surface area contributed by atoms with E-state index in [1.165, 1.54) is 12.1 Å². The van der Waals surface area contributed by atoms with Crippen LogP contribution >= 0.6 is 12.4 Å². The summed E-state index contributed by atoms with van der Waals surface area (Å²) in [4.78, 5) is 8.72. The van der Waals surface area contributed by atoms with Gasteiger partial charge in [0.05, 0.1) is 16.8 Å². The van der Waals surface area contributed by atoms with E-state index in [9.17, 15) is 8.42 Å². The number of ether oxygens (including phenoxy) is 1. The number of halogens is 2. The topological polar surface area (TPSA) is 88.8 Å². The van der Waals surface area contributed by atoms with E-state index in [1.54, 1.807) is 30.6 Å². The van der Waals surface area contributed by atoms with E-state index >= 15 is 4.48 Å². The highest BCUT2D eigenvalue weighted by Gasteiger charge is 2.29. The first-order valence-electron chi connectivity index (χ1n) is 9.71. The number of nitrogens with zero attached hydrogens (tertiary/aromatic N) is 4. The molecule has 8 nitrogen and oxygen atoms in total. The van der Waals surface area contributed by atoms with Crippen molar-refractivity contribution in [1.29, 1.82) is 0 Å². The van der Waals surface area contributed by atoms with Gasteiger partial charge in [-0.2, -0.15) is 5.12 Å². The van der Waals surface area contributed by atoms with Gasteiger partial charge in [0.25, 0.3) is 0 Å². The Morgan fingerprint density at radius 3 is 2.71 bits per heavy atom. The Balaban J connectivity index is 0.00000272. The fourth-order valence-corrected chi connectivity index (χ4v) is 4.42. The molecule has 0 bridgehead atoms. The molecule has 2 aliphatic rings. The Hall–Kier alpha value is -2.43. The maximum Gasteiger partial charge on any atom is 0.224 e. The van der Waals surface area contributed by atoms with Crippen molar-refractivity contribution in [3.63, 3.8) is 0 Å². The average Bonchev–Trinajstić information content (AvgIpc) is 3.11. The molecule has 1 saturated heterocycles. The van der Waals surface area contributed by atoms with Gasteiger partial charge in [-0.15, -0.1) is 12.4 Å². The van der Waals surface area contributed by atoms with Gasteiger partial charge in [0, 0.05) is 37.4 Å². The third-order valence-electron chi connectivity index (χ3n) is 5.26. The summed E-state index contributed by atoms with van der Waals surface area (Å²) >= 11 is 0. The summed E-state index contributed by atoms with van der Waals surface area (Å²) in [5.41, 5.74) is 1.47. The Morgan fingerprint density at radius 2 is 2.00 bits per heavy atom. The Kier molecular flexibility index (Phi) is 7.03. The van der Waals surface area contributed by atoms with Crippen LogP contribution in [0, 0.1) is 6.92 Å². The van der Waals surface area contributed by atoms with Gasteiger partial charge in [0.2, 0.25) is 6.29 Å². The molecular weight excluding hydrogens is 445 g/mol. The lowest BCUT2D eigenvalue weighted by atomic mass is 10.1. The summed E-state index contributed by atoms with van der Waals surface area (Å²) in [6, 6.07) is 6.44. The van der Waals surface area contributed by atoms with Crippen LogP contribution in [0.5, 0.6) is 0 Å². The number of nitrogens with one attached hydrogen (secondary N) is 1. The summed E-state index contributed by atoms with van der Waals surface area (Å²) in [6.07, 6.45) is 6.61. The number of aromatic nitrogens is 2. The fraction of sp³-hybridized carbons (Fsp3) is 0.400. The van der Waals surface area contributed by atoms with Crippen LogP contribution in [0.3, 0.4) is 0 Å². The minimum atomic E-state index is -3.37. The van der Waals surface area contributed by atoms with Crippen molar-refractivity contribution in [2.75, 3.05) is 24.8 Å². The Bertz CT molecular complexity index is 1100. The monoisotopic (exact) mass is 469 g/mol. The molecule has 0 saturated carbocycles. The fourth-order valence-electron chi connectivity index (χ4n) is 3.76. The molecule has 0 spiro atoms. The molecular formula is C20H25ClFN5O3S. The van der Waals surface area contributed by atoms with Crippen LogP contribution in [0.15, 0.2) is 46.4 Å². The normalized spacial score (nSPS) is 19.6. The summed E-state index contributed by atoms with van der Waals surface area (Å²) in [5.74, 6) is 0.819. The van der Waals surface area contributed by atoms with Gasteiger partial charge in [0.1, 0.15) is 11.5 Å². The van der Waals surface area contributed by atoms with Gasteiger partial charge in [-0.05, 0) is 44.0 Å². The van der Waals surface area contributed by atoms with Gasteiger partial charge in [-0.25, -0.2) is 18.4 Å². The van der Waals surface area contributed by atoms with Crippen LogP contribution in [0.25, 0.3) is 5.70 Å². The van der Waals surface area contributed by atoms with Crippen molar-refractivity contribution in [2.45, 2.75) is 37.0 Å². The second-order valence-electron chi connectivity index (χ2n) is 7.38. The first-order valence-corrected chi connectivity index (χ1v) is 11.6. The SMILES string of the molecule is Cc1ncc(C2=CC=NC(Nc3cccc(S(C)(=O)=O)c3)N2F)n1C1CCOCC1.Cl. The lowest BCUT2D eigenvalue weighted by Gasteiger charge is -2.31. The van der Waals surface area contributed by atoms with Gasteiger partial charge in [-0.1, -0.05) is 10.5 Å². The molecule has 1 N–H and O–H groups in total. The summed E-state index contributed by atoms with van der Waals surface area (Å²) in [5, 5.41) is 3.49. The summed E-state index contributed by atoms with van der Waals surface area (Å²) < 4.78 is 46.5. The average molecular weight is 470 g/mol. The molecule has 0 amide bonds. The highest BCUT2D eigenvalue weighted by Crippen LogP contribution is 2.32. The van der Waals surface area contributed by atoms with Crippen molar-refractivity contribution in [1.82, 2.24) is 14.7 Å². The van der Waals surface area contributed by atoms with Crippen LogP contribution in [-0.4, -0.2) is 55.1 Å². The molecule has 168 valence electrons. The molecule has 4 rings (SSSR count). The molecule has 1 fully saturated rings. The molecule has 0 aliphatic carbocycles.